The lowest BCUT2D eigenvalue weighted by Crippen LogP contribution is -2.49. The molecule has 2 amide bonds. The van der Waals surface area contributed by atoms with Crippen molar-refractivity contribution < 1.29 is 37.4 Å². The molecule has 2 aromatic carbocycles. The van der Waals surface area contributed by atoms with Crippen LogP contribution in [0, 0.1) is 11.8 Å². The Labute approximate surface area is 315 Å². The van der Waals surface area contributed by atoms with Crippen molar-refractivity contribution in [3.05, 3.63) is 69.1 Å². The fourth-order valence-electron chi connectivity index (χ4n) is 7.92. The van der Waals surface area contributed by atoms with Gasteiger partial charge in [-0.15, -0.1) is 5.10 Å². The van der Waals surface area contributed by atoms with Crippen molar-refractivity contribution in [1.29, 1.82) is 0 Å². The number of nitrogens with one attached hydrogen (secondary N) is 1. The summed E-state index contributed by atoms with van der Waals surface area (Å²) >= 11 is 6.11. The Balaban J connectivity index is 1.11. The lowest BCUT2D eigenvalue weighted by molar-refractivity contribution is -0.143. The highest BCUT2D eigenvalue weighted by atomic mass is 35.5. The second-order valence-corrected chi connectivity index (χ2v) is 14.8. The summed E-state index contributed by atoms with van der Waals surface area (Å²) in [7, 11) is 0. The zero-order valence-corrected chi connectivity index (χ0v) is 30.5. The van der Waals surface area contributed by atoms with Crippen LogP contribution in [0.5, 0.6) is 0 Å². The third-order valence-corrected chi connectivity index (χ3v) is 11.3. The number of piperidine rings is 3. The first-order valence-electron chi connectivity index (χ1n) is 18.3. The molecule has 0 radical (unpaired) electrons. The van der Waals surface area contributed by atoms with Gasteiger partial charge in [-0.25, -0.2) is 14.3 Å². The number of aromatic amines is 1. The van der Waals surface area contributed by atoms with Gasteiger partial charge in [0.15, 0.2) is 11.9 Å². The zero-order chi connectivity index (χ0) is 38.6. The molecule has 3 aliphatic heterocycles. The van der Waals surface area contributed by atoms with Crippen molar-refractivity contribution in [3.63, 3.8) is 0 Å². The number of hydrogen-bond donors (Lipinski definition) is 3. The Morgan fingerprint density at radius 3 is 2.17 bits per heavy atom. The molecular formula is C37H45ClF3N7O6. The van der Waals surface area contributed by atoms with Crippen LogP contribution in [-0.2, 0) is 26.9 Å². The van der Waals surface area contributed by atoms with E-state index in [1.807, 2.05) is 30.3 Å². The van der Waals surface area contributed by atoms with Crippen molar-refractivity contribution in [2.75, 3.05) is 51.5 Å². The van der Waals surface area contributed by atoms with E-state index in [9.17, 15) is 32.3 Å². The molecule has 17 heteroatoms. The molecule has 0 spiro atoms. The number of nitrogens with zero attached hydrogens (tertiary/aromatic N) is 5. The number of anilines is 1. The number of amides is 2. The molecule has 54 heavy (non-hydrogen) atoms. The number of H-pyrrole nitrogens is 1. The highest BCUT2D eigenvalue weighted by Gasteiger charge is 2.38. The van der Waals surface area contributed by atoms with E-state index in [4.69, 9.17) is 27.2 Å². The van der Waals surface area contributed by atoms with Gasteiger partial charge in [-0.05, 0) is 81.1 Å². The van der Waals surface area contributed by atoms with Crippen LogP contribution in [0.25, 0.3) is 11.4 Å². The highest BCUT2D eigenvalue weighted by Crippen LogP contribution is 2.38. The number of carbonyl (C=O) groups excluding carboxylic acids is 2. The van der Waals surface area contributed by atoms with Crippen LogP contribution in [0.4, 0.5) is 23.7 Å². The molecule has 4 N–H and O–H groups in total. The number of rotatable bonds is 10. The number of nitrogen functional groups attached to an aromatic ring is 1. The van der Waals surface area contributed by atoms with Gasteiger partial charge in [-0.1, -0.05) is 41.9 Å². The number of ether oxygens (including phenoxy) is 1. The molecule has 3 saturated heterocycles. The first kappa shape index (κ1) is 39.1. The standard InChI is InChI=1S/C37H45ClF3N7O6/c38-29-21-23(20-28(32(29)42)37(39,40)41)22-30(34(51)46-16-8-25(9-17-46)24-6-13-45(14-7-24)15-12-31(49)50)54-36(53)47-18-10-27(11-19-47)48-35(52)43-33(44-48)26-4-2-1-3-5-26/h1-5,20-21,24-25,27,30H,6-19,22,42H2,(H,49,50)(H,43,44,52)/t30-/m1/s1. The molecule has 3 aliphatic rings. The Morgan fingerprint density at radius 2 is 1.56 bits per heavy atom. The molecule has 3 fully saturated rings. The zero-order valence-electron chi connectivity index (χ0n) is 29.8. The number of carbonyl (C=O) groups is 3. The smallest absolute Gasteiger partial charge is 0.418 e. The van der Waals surface area contributed by atoms with Crippen molar-refractivity contribution >= 4 is 35.3 Å². The maximum atomic E-state index is 14.0. The number of carboxylic acid groups (broad SMARTS) is 1. The van der Waals surface area contributed by atoms with Gasteiger partial charge >= 0.3 is 23.9 Å². The maximum Gasteiger partial charge on any atom is 0.418 e. The number of aliphatic carboxylic acids is 1. The molecule has 0 unspecified atom stereocenters. The molecule has 292 valence electrons. The van der Waals surface area contributed by atoms with Gasteiger partial charge < -0.3 is 30.3 Å². The third-order valence-electron chi connectivity index (χ3n) is 11.0. The number of aromatic nitrogens is 3. The van der Waals surface area contributed by atoms with E-state index in [1.54, 1.807) is 4.90 Å². The van der Waals surface area contributed by atoms with Gasteiger partial charge in [-0.3, -0.25) is 14.6 Å². The van der Waals surface area contributed by atoms with Crippen LogP contribution in [-0.4, -0.2) is 104 Å². The van der Waals surface area contributed by atoms with E-state index in [0.717, 1.165) is 50.4 Å². The van der Waals surface area contributed by atoms with Crippen LogP contribution in [0.1, 0.15) is 62.1 Å². The summed E-state index contributed by atoms with van der Waals surface area (Å²) in [5, 5.41) is 13.2. The molecule has 0 saturated carbocycles. The Hall–Kier alpha value is -4.57. The average molecular weight is 776 g/mol. The quantitative estimate of drug-likeness (QED) is 0.232. The Kier molecular flexibility index (Phi) is 12.2. The van der Waals surface area contributed by atoms with E-state index in [2.05, 4.69) is 15.0 Å². The first-order chi connectivity index (χ1) is 25.8. The second-order valence-electron chi connectivity index (χ2n) is 14.4. The fraction of sp³-hybridized carbons (Fsp3) is 0.541. The topological polar surface area (TPSA) is 167 Å². The minimum Gasteiger partial charge on any atom is -0.481 e. The molecule has 6 rings (SSSR count). The van der Waals surface area contributed by atoms with Crippen LogP contribution >= 0.6 is 11.6 Å². The Bertz CT molecular complexity index is 1850. The number of benzene rings is 2. The van der Waals surface area contributed by atoms with Gasteiger partial charge in [-0.2, -0.15) is 13.2 Å². The van der Waals surface area contributed by atoms with Crippen LogP contribution in [0.2, 0.25) is 5.02 Å². The van der Waals surface area contributed by atoms with Gasteiger partial charge in [0.1, 0.15) is 0 Å². The van der Waals surface area contributed by atoms with Gasteiger partial charge in [0.2, 0.25) is 0 Å². The molecule has 1 aromatic heterocycles. The summed E-state index contributed by atoms with van der Waals surface area (Å²) < 4.78 is 48.7. The normalized spacial score (nSPS) is 18.8. The van der Waals surface area contributed by atoms with Crippen LogP contribution in [0.3, 0.4) is 0 Å². The SMILES string of the molecule is Nc1c(Cl)cc(C[C@@H](OC(=O)N2CCC(n3nc(-c4ccccc4)[nH]c3=O)CC2)C(=O)N2CCC(C3CCN(CCC(=O)O)CC3)CC2)cc1C(F)(F)F. The molecular weight excluding hydrogens is 731 g/mol. The average Bonchev–Trinajstić information content (AvgIpc) is 3.56. The summed E-state index contributed by atoms with van der Waals surface area (Å²) in [6.45, 7) is 3.39. The van der Waals surface area contributed by atoms with Gasteiger partial charge in [0.05, 0.1) is 28.7 Å². The second kappa shape index (κ2) is 16.8. The highest BCUT2D eigenvalue weighted by molar-refractivity contribution is 6.33. The van der Waals surface area contributed by atoms with Crippen molar-refractivity contribution in [2.24, 2.45) is 11.8 Å². The Morgan fingerprint density at radius 1 is 0.944 bits per heavy atom. The minimum absolute atomic E-state index is 0.0445. The summed E-state index contributed by atoms with van der Waals surface area (Å²) in [4.78, 5) is 59.3. The van der Waals surface area contributed by atoms with Crippen molar-refractivity contribution in [3.8, 4) is 11.4 Å². The predicted molar refractivity (Wildman–Crippen MR) is 194 cm³/mol. The minimum atomic E-state index is -4.79. The molecule has 3 aromatic rings. The maximum absolute atomic E-state index is 14.0. The summed E-state index contributed by atoms with van der Waals surface area (Å²) in [6, 6.07) is 11.0. The lowest BCUT2D eigenvalue weighted by Gasteiger charge is -2.41. The molecule has 13 nitrogen and oxygen atoms in total. The summed E-state index contributed by atoms with van der Waals surface area (Å²) in [5.41, 5.74) is 4.32. The summed E-state index contributed by atoms with van der Waals surface area (Å²) in [5.74, 6) is -0.0706. The van der Waals surface area contributed by atoms with Crippen molar-refractivity contribution in [2.45, 2.75) is 69.7 Å². The van der Waals surface area contributed by atoms with Crippen LogP contribution < -0.4 is 11.4 Å². The third kappa shape index (κ3) is 9.38. The monoisotopic (exact) mass is 775 g/mol. The van der Waals surface area contributed by atoms with E-state index in [1.165, 1.54) is 15.6 Å². The fourth-order valence-corrected chi connectivity index (χ4v) is 8.16. The molecule has 0 bridgehead atoms. The van der Waals surface area contributed by atoms with Crippen LogP contribution in [0.15, 0.2) is 47.3 Å². The van der Waals surface area contributed by atoms with E-state index >= 15 is 0 Å². The molecule has 0 aliphatic carbocycles. The number of carboxylic acids is 1. The van der Waals surface area contributed by atoms with E-state index in [0.29, 0.717) is 50.1 Å². The van der Waals surface area contributed by atoms with Gasteiger partial charge in [0.25, 0.3) is 5.91 Å². The van der Waals surface area contributed by atoms with E-state index in [-0.39, 0.29) is 48.2 Å². The first-order valence-corrected chi connectivity index (χ1v) is 18.7. The molecule has 4 heterocycles. The number of alkyl halides is 3. The number of likely N-dealkylation sites (tertiary alicyclic amines) is 3. The molecule has 1 atom stereocenters. The summed E-state index contributed by atoms with van der Waals surface area (Å²) in [6.07, 6.45) is -3.12. The number of nitrogens with two attached hydrogens (primary N) is 1. The predicted octanol–water partition coefficient (Wildman–Crippen LogP) is 5.30. The number of hydrogen-bond acceptors (Lipinski definition) is 8. The number of halogens is 4. The van der Waals surface area contributed by atoms with E-state index < -0.39 is 41.5 Å². The lowest BCUT2D eigenvalue weighted by atomic mass is 9.78. The van der Waals surface area contributed by atoms with Gasteiger partial charge in [0, 0.05) is 44.7 Å². The van der Waals surface area contributed by atoms with Crippen molar-refractivity contribution in [1.82, 2.24) is 29.5 Å². The largest absolute Gasteiger partial charge is 0.481 e.